The monoisotopic (exact) mass is 218 g/mol. The minimum Gasteiger partial charge on any atom is -0.241 e. The van der Waals surface area contributed by atoms with E-state index in [2.05, 4.69) is 9.97 Å². The molecule has 3 heteroatoms. The molecular formula is C12H11ClN2. The molecule has 0 spiro atoms. The van der Waals surface area contributed by atoms with Crippen LogP contribution < -0.4 is 0 Å². The Morgan fingerprint density at radius 3 is 2.33 bits per heavy atom. The van der Waals surface area contributed by atoms with Crippen LogP contribution in [-0.4, -0.2) is 9.97 Å². The van der Waals surface area contributed by atoms with Crippen molar-refractivity contribution in [2.24, 2.45) is 0 Å². The highest BCUT2D eigenvalue weighted by Gasteiger charge is 2.09. The molecule has 0 aliphatic carbocycles. The van der Waals surface area contributed by atoms with Crippen molar-refractivity contribution in [3.8, 4) is 0 Å². The van der Waals surface area contributed by atoms with Crippen molar-refractivity contribution in [1.82, 2.24) is 9.97 Å². The van der Waals surface area contributed by atoms with Gasteiger partial charge < -0.3 is 0 Å². The summed E-state index contributed by atoms with van der Waals surface area (Å²) in [5.74, 6) is 0.779. The summed E-state index contributed by atoms with van der Waals surface area (Å²) in [6.07, 6.45) is 4.13. The summed E-state index contributed by atoms with van der Waals surface area (Å²) in [4.78, 5) is 8.30. The summed E-state index contributed by atoms with van der Waals surface area (Å²) in [5, 5.41) is -0.0615. The number of rotatable bonds is 3. The summed E-state index contributed by atoms with van der Waals surface area (Å²) in [6.45, 7) is 0. The standard InChI is InChI=1S/C12H11ClN2/c13-11(10-5-2-1-3-6-10)9-12-14-7-4-8-15-12/h1-8,11H,9H2. The van der Waals surface area contributed by atoms with Crippen molar-refractivity contribution in [3.63, 3.8) is 0 Å². The first-order valence-corrected chi connectivity index (χ1v) is 5.25. The summed E-state index contributed by atoms with van der Waals surface area (Å²) < 4.78 is 0. The van der Waals surface area contributed by atoms with E-state index in [9.17, 15) is 0 Å². The Balaban J connectivity index is 2.08. The predicted molar refractivity (Wildman–Crippen MR) is 60.8 cm³/mol. The molecule has 1 aromatic heterocycles. The van der Waals surface area contributed by atoms with Crippen LogP contribution in [0.25, 0.3) is 0 Å². The fraction of sp³-hybridized carbons (Fsp3) is 0.167. The first kappa shape index (κ1) is 10.1. The zero-order valence-electron chi connectivity index (χ0n) is 8.18. The van der Waals surface area contributed by atoms with Gasteiger partial charge in [0.1, 0.15) is 5.82 Å². The van der Waals surface area contributed by atoms with Crippen molar-refractivity contribution in [1.29, 1.82) is 0 Å². The Morgan fingerprint density at radius 1 is 1.00 bits per heavy atom. The predicted octanol–water partition coefficient (Wildman–Crippen LogP) is 3.00. The van der Waals surface area contributed by atoms with E-state index < -0.39 is 0 Å². The Morgan fingerprint density at radius 2 is 1.67 bits per heavy atom. The highest BCUT2D eigenvalue weighted by atomic mass is 35.5. The first-order valence-electron chi connectivity index (χ1n) is 4.81. The molecule has 1 atom stereocenters. The molecule has 0 radical (unpaired) electrons. The van der Waals surface area contributed by atoms with Gasteiger partial charge in [-0.3, -0.25) is 0 Å². The molecule has 0 saturated carbocycles. The van der Waals surface area contributed by atoms with Gasteiger partial charge in [-0.05, 0) is 11.6 Å². The van der Waals surface area contributed by atoms with Gasteiger partial charge in [0.2, 0.25) is 0 Å². The van der Waals surface area contributed by atoms with Crippen molar-refractivity contribution < 1.29 is 0 Å². The van der Waals surface area contributed by atoms with Gasteiger partial charge >= 0.3 is 0 Å². The van der Waals surface area contributed by atoms with Gasteiger partial charge in [0.25, 0.3) is 0 Å². The second-order valence-electron chi connectivity index (χ2n) is 3.25. The number of benzene rings is 1. The lowest BCUT2D eigenvalue weighted by Gasteiger charge is -2.07. The van der Waals surface area contributed by atoms with Crippen LogP contribution in [0.3, 0.4) is 0 Å². The number of hydrogen-bond donors (Lipinski definition) is 0. The van der Waals surface area contributed by atoms with E-state index in [1.54, 1.807) is 18.5 Å². The lowest BCUT2D eigenvalue weighted by Crippen LogP contribution is -1.99. The quantitative estimate of drug-likeness (QED) is 0.741. The molecule has 1 heterocycles. The Kier molecular flexibility index (Phi) is 3.30. The van der Waals surface area contributed by atoms with Crippen LogP contribution in [0.2, 0.25) is 0 Å². The highest BCUT2D eigenvalue weighted by Crippen LogP contribution is 2.22. The van der Waals surface area contributed by atoms with Crippen LogP contribution in [0.1, 0.15) is 16.8 Å². The average molecular weight is 219 g/mol. The van der Waals surface area contributed by atoms with Crippen molar-refractivity contribution in [2.75, 3.05) is 0 Å². The fourth-order valence-corrected chi connectivity index (χ4v) is 1.66. The zero-order chi connectivity index (χ0) is 10.5. The van der Waals surface area contributed by atoms with Gasteiger partial charge in [-0.25, -0.2) is 9.97 Å². The summed E-state index contributed by atoms with van der Waals surface area (Å²) in [5.41, 5.74) is 1.10. The molecule has 2 aromatic rings. The van der Waals surface area contributed by atoms with Crippen LogP contribution in [0.5, 0.6) is 0 Å². The molecule has 1 unspecified atom stereocenters. The molecule has 2 nitrogen and oxygen atoms in total. The molecule has 0 N–H and O–H groups in total. The third kappa shape index (κ3) is 2.77. The number of aromatic nitrogens is 2. The van der Waals surface area contributed by atoms with Crippen molar-refractivity contribution >= 4 is 11.6 Å². The van der Waals surface area contributed by atoms with Gasteiger partial charge in [0.15, 0.2) is 0 Å². The SMILES string of the molecule is ClC(Cc1ncccn1)c1ccccc1. The van der Waals surface area contributed by atoms with E-state index in [1.807, 2.05) is 30.3 Å². The second kappa shape index (κ2) is 4.89. The normalized spacial score (nSPS) is 12.3. The molecule has 0 bridgehead atoms. The van der Waals surface area contributed by atoms with Crippen LogP contribution in [0.4, 0.5) is 0 Å². The van der Waals surface area contributed by atoms with E-state index in [4.69, 9.17) is 11.6 Å². The molecule has 15 heavy (non-hydrogen) atoms. The Labute approximate surface area is 94.0 Å². The molecule has 0 saturated heterocycles. The number of hydrogen-bond acceptors (Lipinski definition) is 2. The maximum Gasteiger partial charge on any atom is 0.130 e. The molecule has 76 valence electrons. The van der Waals surface area contributed by atoms with Crippen LogP contribution in [0, 0.1) is 0 Å². The molecule has 0 aliphatic rings. The number of nitrogens with zero attached hydrogens (tertiary/aromatic N) is 2. The van der Waals surface area contributed by atoms with E-state index in [0.717, 1.165) is 11.4 Å². The average Bonchev–Trinajstić information content (AvgIpc) is 2.31. The summed E-state index contributed by atoms with van der Waals surface area (Å²) in [7, 11) is 0. The molecule has 0 aliphatic heterocycles. The van der Waals surface area contributed by atoms with Crippen LogP contribution >= 0.6 is 11.6 Å². The third-order valence-corrected chi connectivity index (χ3v) is 2.55. The van der Waals surface area contributed by atoms with E-state index in [0.29, 0.717) is 6.42 Å². The molecule has 2 rings (SSSR count). The zero-order valence-corrected chi connectivity index (χ0v) is 8.93. The Bertz CT molecular complexity index is 402. The fourth-order valence-electron chi connectivity index (χ4n) is 1.38. The third-order valence-electron chi connectivity index (χ3n) is 2.14. The van der Waals surface area contributed by atoms with E-state index >= 15 is 0 Å². The number of alkyl halides is 1. The van der Waals surface area contributed by atoms with Gasteiger partial charge in [-0.1, -0.05) is 30.3 Å². The largest absolute Gasteiger partial charge is 0.241 e. The summed E-state index contributed by atoms with van der Waals surface area (Å²) in [6, 6.07) is 11.8. The van der Waals surface area contributed by atoms with E-state index in [1.165, 1.54) is 0 Å². The molecule has 0 amide bonds. The van der Waals surface area contributed by atoms with Crippen molar-refractivity contribution in [3.05, 3.63) is 60.2 Å². The minimum atomic E-state index is -0.0615. The first-order chi connectivity index (χ1) is 7.36. The van der Waals surface area contributed by atoms with Crippen LogP contribution in [0.15, 0.2) is 48.8 Å². The van der Waals surface area contributed by atoms with Crippen molar-refractivity contribution in [2.45, 2.75) is 11.8 Å². The Hall–Kier alpha value is -1.41. The summed E-state index contributed by atoms with van der Waals surface area (Å²) >= 11 is 6.26. The van der Waals surface area contributed by atoms with Gasteiger partial charge in [0.05, 0.1) is 5.38 Å². The lowest BCUT2D eigenvalue weighted by molar-refractivity contribution is 0.833. The minimum absolute atomic E-state index is 0.0615. The van der Waals surface area contributed by atoms with Crippen LogP contribution in [-0.2, 0) is 6.42 Å². The second-order valence-corrected chi connectivity index (χ2v) is 3.77. The molecular weight excluding hydrogens is 208 g/mol. The topological polar surface area (TPSA) is 25.8 Å². The maximum absolute atomic E-state index is 6.26. The lowest BCUT2D eigenvalue weighted by atomic mass is 10.1. The van der Waals surface area contributed by atoms with Gasteiger partial charge in [-0.15, -0.1) is 11.6 Å². The smallest absolute Gasteiger partial charge is 0.130 e. The van der Waals surface area contributed by atoms with Gasteiger partial charge in [0, 0.05) is 18.8 Å². The molecule has 0 fully saturated rings. The number of halogens is 1. The van der Waals surface area contributed by atoms with E-state index in [-0.39, 0.29) is 5.38 Å². The highest BCUT2D eigenvalue weighted by molar-refractivity contribution is 6.20. The molecule has 1 aromatic carbocycles. The maximum atomic E-state index is 6.26. The van der Waals surface area contributed by atoms with Gasteiger partial charge in [-0.2, -0.15) is 0 Å².